The maximum Gasteiger partial charge on any atom is 0.325 e. The number of nitrogens with one attached hydrogen (secondary N) is 1. The van der Waals surface area contributed by atoms with Crippen LogP contribution >= 0.6 is 0 Å². The third-order valence-electron chi connectivity index (χ3n) is 4.44. The molecule has 0 unspecified atom stereocenters. The second-order valence-corrected chi connectivity index (χ2v) is 6.11. The Balaban J connectivity index is 1.77. The Kier molecular flexibility index (Phi) is 3.69. The Morgan fingerprint density at radius 1 is 1.24 bits per heavy atom. The molecule has 114 valence electrons. The van der Waals surface area contributed by atoms with Crippen molar-refractivity contribution in [3.8, 4) is 0 Å². The fourth-order valence-corrected chi connectivity index (χ4v) is 3.31. The largest absolute Gasteiger partial charge is 0.359 e. The number of hydrogen-bond acceptors (Lipinski definition) is 4. The van der Waals surface area contributed by atoms with E-state index in [1.54, 1.807) is 6.07 Å². The molecule has 1 aliphatic carbocycles. The zero-order valence-corrected chi connectivity index (χ0v) is 12.4. The third-order valence-corrected chi connectivity index (χ3v) is 4.44. The van der Waals surface area contributed by atoms with Crippen LogP contribution in [0, 0.1) is 6.92 Å². The van der Waals surface area contributed by atoms with Gasteiger partial charge in [0.15, 0.2) is 5.76 Å². The molecule has 0 aromatic carbocycles. The van der Waals surface area contributed by atoms with Gasteiger partial charge in [-0.05, 0) is 19.8 Å². The van der Waals surface area contributed by atoms with Gasteiger partial charge < -0.3 is 9.84 Å². The van der Waals surface area contributed by atoms with E-state index in [9.17, 15) is 9.59 Å². The molecule has 2 heterocycles. The zero-order valence-electron chi connectivity index (χ0n) is 12.4. The van der Waals surface area contributed by atoms with Gasteiger partial charge in [0.2, 0.25) is 0 Å². The number of carbonyl (C=O) groups is 2. The van der Waals surface area contributed by atoms with Crippen LogP contribution in [0.25, 0.3) is 0 Å². The molecular weight excluding hydrogens is 270 g/mol. The van der Waals surface area contributed by atoms with Gasteiger partial charge >= 0.3 is 6.03 Å². The van der Waals surface area contributed by atoms with Crippen molar-refractivity contribution >= 4 is 11.9 Å². The summed E-state index contributed by atoms with van der Waals surface area (Å²) in [6.07, 6.45) is 6.94. The molecule has 2 fully saturated rings. The summed E-state index contributed by atoms with van der Waals surface area (Å²) < 4.78 is 5.12. The van der Waals surface area contributed by atoms with E-state index in [1.165, 1.54) is 11.3 Å². The lowest BCUT2D eigenvalue weighted by Crippen LogP contribution is -2.47. The fourth-order valence-electron chi connectivity index (χ4n) is 3.31. The molecule has 1 aromatic heterocycles. The van der Waals surface area contributed by atoms with Crippen molar-refractivity contribution in [1.29, 1.82) is 0 Å². The second-order valence-electron chi connectivity index (χ2n) is 6.11. The Morgan fingerprint density at radius 2 is 1.90 bits per heavy atom. The maximum atomic E-state index is 12.7. The summed E-state index contributed by atoms with van der Waals surface area (Å²) in [6.45, 7) is 1.97. The highest BCUT2D eigenvalue weighted by Crippen LogP contribution is 2.32. The van der Waals surface area contributed by atoms with Crippen LogP contribution in [-0.2, 0) is 11.3 Å². The van der Waals surface area contributed by atoms with Gasteiger partial charge in [-0.15, -0.1) is 0 Å². The molecule has 6 nitrogen and oxygen atoms in total. The van der Waals surface area contributed by atoms with Crippen molar-refractivity contribution < 1.29 is 14.1 Å². The molecule has 0 atom stereocenters. The van der Waals surface area contributed by atoms with Gasteiger partial charge in [-0.3, -0.25) is 9.69 Å². The minimum atomic E-state index is -0.688. The van der Waals surface area contributed by atoms with Gasteiger partial charge in [0.1, 0.15) is 5.54 Å². The van der Waals surface area contributed by atoms with E-state index in [0.717, 1.165) is 44.2 Å². The summed E-state index contributed by atoms with van der Waals surface area (Å²) in [7, 11) is 0. The Morgan fingerprint density at radius 3 is 2.52 bits per heavy atom. The molecule has 1 saturated carbocycles. The topological polar surface area (TPSA) is 75.4 Å². The van der Waals surface area contributed by atoms with Crippen LogP contribution in [0.4, 0.5) is 4.79 Å². The van der Waals surface area contributed by atoms with Crippen molar-refractivity contribution in [3.05, 3.63) is 17.5 Å². The average Bonchev–Trinajstić information content (AvgIpc) is 2.92. The molecule has 2 aliphatic rings. The number of rotatable bonds is 2. The van der Waals surface area contributed by atoms with Crippen LogP contribution in [0.3, 0.4) is 0 Å². The molecule has 6 heteroatoms. The minimum Gasteiger partial charge on any atom is -0.359 e. The highest BCUT2D eigenvalue weighted by Gasteiger charge is 2.50. The average molecular weight is 291 g/mol. The van der Waals surface area contributed by atoms with Crippen LogP contribution in [0.2, 0.25) is 0 Å². The fraction of sp³-hybridized carbons (Fsp3) is 0.667. The Bertz CT molecular complexity index is 544. The smallest absolute Gasteiger partial charge is 0.325 e. The maximum absolute atomic E-state index is 12.7. The van der Waals surface area contributed by atoms with Gasteiger partial charge in [0.05, 0.1) is 12.2 Å². The SMILES string of the molecule is Cc1cc(CN2C(=O)NC3(CCCCCCC3)C2=O)on1. The molecule has 1 spiro atoms. The highest BCUT2D eigenvalue weighted by molar-refractivity contribution is 6.06. The predicted octanol–water partition coefficient (Wildman–Crippen LogP) is 2.52. The summed E-state index contributed by atoms with van der Waals surface area (Å²) in [5, 5.41) is 6.73. The monoisotopic (exact) mass is 291 g/mol. The Hall–Kier alpha value is -1.85. The van der Waals surface area contributed by atoms with E-state index >= 15 is 0 Å². The molecule has 21 heavy (non-hydrogen) atoms. The third kappa shape index (κ3) is 2.66. The first-order chi connectivity index (χ1) is 10.1. The van der Waals surface area contributed by atoms with Gasteiger partial charge in [-0.2, -0.15) is 0 Å². The van der Waals surface area contributed by atoms with E-state index in [-0.39, 0.29) is 18.5 Å². The molecule has 1 N–H and O–H groups in total. The highest BCUT2D eigenvalue weighted by atomic mass is 16.5. The van der Waals surface area contributed by atoms with Crippen LogP contribution in [-0.4, -0.2) is 27.5 Å². The van der Waals surface area contributed by atoms with Crippen LogP contribution in [0.5, 0.6) is 0 Å². The van der Waals surface area contributed by atoms with E-state index in [4.69, 9.17) is 4.52 Å². The van der Waals surface area contributed by atoms with Gasteiger partial charge in [0, 0.05) is 6.07 Å². The molecule has 0 radical (unpaired) electrons. The van der Waals surface area contributed by atoms with E-state index in [1.807, 2.05) is 6.92 Å². The van der Waals surface area contributed by atoms with Crippen LogP contribution in [0.1, 0.15) is 56.4 Å². The van der Waals surface area contributed by atoms with E-state index in [0.29, 0.717) is 5.76 Å². The standard InChI is InChI=1S/C15H21N3O3/c1-11-9-12(21-17-11)10-18-13(19)15(16-14(18)20)7-5-3-2-4-6-8-15/h9H,2-8,10H2,1H3,(H,16,20). The first-order valence-corrected chi connectivity index (χ1v) is 7.67. The van der Waals surface area contributed by atoms with Crippen LogP contribution < -0.4 is 5.32 Å². The first-order valence-electron chi connectivity index (χ1n) is 7.67. The second kappa shape index (κ2) is 5.50. The van der Waals surface area contributed by atoms with Gasteiger partial charge in [0.25, 0.3) is 5.91 Å². The number of hydrogen-bond donors (Lipinski definition) is 1. The van der Waals surface area contributed by atoms with E-state index < -0.39 is 5.54 Å². The van der Waals surface area contributed by atoms with Crippen molar-refractivity contribution in [2.75, 3.05) is 0 Å². The predicted molar refractivity (Wildman–Crippen MR) is 75.4 cm³/mol. The molecule has 1 saturated heterocycles. The Labute approximate surface area is 123 Å². The first kappa shape index (κ1) is 14.1. The quantitative estimate of drug-likeness (QED) is 0.849. The molecule has 1 aliphatic heterocycles. The molecule has 3 rings (SSSR count). The lowest BCUT2D eigenvalue weighted by atomic mass is 9.84. The number of nitrogens with zero attached hydrogens (tertiary/aromatic N) is 2. The van der Waals surface area contributed by atoms with Gasteiger partial charge in [-0.25, -0.2) is 4.79 Å². The summed E-state index contributed by atoms with van der Waals surface area (Å²) in [4.78, 5) is 26.2. The summed E-state index contributed by atoms with van der Waals surface area (Å²) in [5.41, 5.74) is 0.0600. The van der Waals surface area contributed by atoms with Crippen molar-refractivity contribution in [3.63, 3.8) is 0 Å². The summed E-state index contributed by atoms with van der Waals surface area (Å²) in [6, 6.07) is 1.44. The number of carbonyl (C=O) groups excluding carboxylic acids is 2. The zero-order chi connectivity index (χ0) is 14.9. The number of aromatic nitrogens is 1. The van der Waals surface area contributed by atoms with Crippen molar-refractivity contribution in [1.82, 2.24) is 15.4 Å². The lowest BCUT2D eigenvalue weighted by molar-refractivity contribution is -0.132. The van der Waals surface area contributed by atoms with Gasteiger partial charge in [-0.1, -0.05) is 37.3 Å². The lowest BCUT2D eigenvalue weighted by Gasteiger charge is -2.28. The summed E-state index contributed by atoms with van der Waals surface area (Å²) >= 11 is 0. The normalized spacial score (nSPS) is 22.2. The number of imide groups is 1. The molecular formula is C15H21N3O3. The molecule has 0 bridgehead atoms. The number of amides is 3. The summed E-state index contributed by atoms with van der Waals surface area (Å²) in [5.74, 6) is 0.433. The number of aryl methyl sites for hydroxylation is 1. The number of urea groups is 1. The molecule has 3 amide bonds. The van der Waals surface area contributed by atoms with Crippen molar-refractivity contribution in [2.45, 2.75) is 64.0 Å². The molecule has 1 aromatic rings. The van der Waals surface area contributed by atoms with E-state index in [2.05, 4.69) is 10.5 Å². The van der Waals surface area contributed by atoms with Crippen LogP contribution in [0.15, 0.2) is 10.6 Å². The minimum absolute atomic E-state index is 0.108. The van der Waals surface area contributed by atoms with Crippen molar-refractivity contribution in [2.24, 2.45) is 0 Å².